The Hall–Kier alpha value is -4.36. The number of rotatable bonds is 10. The van der Waals surface area contributed by atoms with E-state index in [0.717, 1.165) is 0 Å². The molecule has 0 aromatic carbocycles. The van der Waals surface area contributed by atoms with Crippen LogP contribution in [0.4, 0.5) is 0 Å². The van der Waals surface area contributed by atoms with Crippen LogP contribution < -0.4 is 5.73 Å². The maximum Gasteiger partial charge on any atom is 0.317 e. The predicted octanol–water partition coefficient (Wildman–Crippen LogP) is 3.09. The molecule has 0 saturated carbocycles. The predicted molar refractivity (Wildman–Crippen MR) is 210 cm³/mol. The van der Waals surface area contributed by atoms with E-state index in [1.807, 2.05) is 25.9 Å². The van der Waals surface area contributed by atoms with Gasteiger partial charge in [-0.25, -0.2) is 9.97 Å². The summed E-state index contributed by atoms with van der Waals surface area (Å²) in [5.41, 5.74) is 4.69. The molecule has 3 aliphatic heterocycles. The maximum absolute atomic E-state index is 14.7. The minimum atomic E-state index is -1.58. The van der Waals surface area contributed by atoms with Crippen molar-refractivity contribution in [2.24, 2.45) is 46.4 Å². The smallest absolute Gasteiger partial charge is 0.317 e. The molecule has 0 aliphatic carbocycles. The number of carbonyl (C=O) groups is 4. The van der Waals surface area contributed by atoms with Crippen molar-refractivity contribution in [3.63, 3.8) is 0 Å². The normalized spacial score (nSPS) is 37.7. The molecule has 3 fully saturated rings. The highest BCUT2D eigenvalue weighted by Crippen LogP contribution is 2.48. The lowest BCUT2D eigenvalue weighted by Gasteiger charge is -2.47. The number of oxime groups is 1. The van der Waals surface area contributed by atoms with Crippen LogP contribution in [0.25, 0.3) is 11.3 Å². The van der Waals surface area contributed by atoms with Gasteiger partial charge in [0.1, 0.15) is 41.8 Å². The monoisotopic (exact) mass is 828 g/mol. The molecule has 5 rings (SSSR count). The summed E-state index contributed by atoms with van der Waals surface area (Å²) in [5, 5.41) is 19.5. The van der Waals surface area contributed by atoms with Gasteiger partial charge < -0.3 is 48.8 Å². The molecule has 5 heterocycles. The Labute approximate surface area is 344 Å². The summed E-state index contributed by atoms with van der Waals surface area (Å²) in [6.45, 7) is 13.2. The summed E-state index contributed by atoms with van der Waals surface area (Å²) in [7, 11) is 5.15. The molecule has 0 amide bonds. The van der Waals surface area contributed by atoms with Crippen molar-refractivity contribution in [1.29, 1.82) is 0 Å². The average Bonchev–Trinajstić information content (AvgIpc) is 3.79. The van der Waals surface area contributed by atoms with Crippen molar-refractivity contribution in [3.05, 3.63) is 30.5 Å². The van der Waals surface area contributed by atoms with Crippen molar-refractivity contribution in [1.82, 2.24) is 20.0 Å². The second-order valence-electron chi connectivity index (χ2n) is 16.9. The number of amidine groups is 1. The number of carbonyl (C=O) groups excluding carboxylic acids is 4. The molecule has 2 aromatic heterocycles. The van der Waals surface area contributed by atoms with Crippen LogP contribution in [-0.4, -0.2) is 124 Å². The third-order valence-corrected chi connectivity index (χ3v) is 12.5. The minimum absolute atomic E-state index is 0.0460. The fourth-order valence-electron chi connectivity index (χ4n) is 9.12. The number of cyclic esters (lactones) is 1. The van der Waals surface area contributed by atoms with Gasteiger partial charge in [0.25, 0.3) is 0 Å². The molecule has 2 aromatic rings. The highest BCUT2D eigenvalue weighted by Gasteiger charge is 2.62. The molecule has 14 atom stereocenters. The minimum Gasteiger partial charge on any atom is -0.458 e. The van der Waals surface area contributed by atoms with Crippen LogP contribution in [0.3, 0.4) is 0 Å². The highest BCUT2D eigenvalue weighted by atomic mass is 16.7. The van der Waals surface area contributed by atoms with Crippen molar-refractivity contribution >= 4 is 29.3 Å². The van der Waals surface area contributed by atoms with E-state index in [0.29, 0.717) is 23.4 Å². The largest absolute Gasteiger partial charge is 0.458 e. The number of nitrogens with two attached hydrogens (primary N) is 1. The number of aliphatic hydroxyl groups excluding tert-OH is 1. The standard InChI is InChI=1S/C41H60N6O12/c1-12-29-41(8)31(30(38(52)58-41)36(42)46-54-18-26-14-27(45-59-26)25-16-43-19-44-17-25)22(4)32(48)20(2)15-40(7,53-11)35(23(5)33(49)24(6)37(51)56-29)57-39-34(50)28(47(9)10)13-21(3)55-39/h14,16-17,19-24,28-31,34-35,39,50H,12-13,15,18H2,1-11H3,(H2,42,46)/t20-,21?,22-,23+,24-,28?,29-,30?,31?,34?,35-,39?,40+,41-/m1/s1. The van der Waals surface area contributed by atoms with Gasteiger partial charge in [0, 0.05) is 60.8 Å². The molecule has 6 unspecified atom stereocenters. The first kappa shape index (κ1) is 45.7. The summed E-state index contributed by atoms with van der Waals surface area (Å²) in [6.07, 6.45) is 0.551. The molecule has 18 nitrogen and oxygen atoms in total. The number of nitrogens with zero attached hydrogens (tertiary/aromatic N) is 5. The van der Waals surface area contributed by atoms with Gasteiger partial charge in [-0.05, 0) is 61.1 Å². The van der Waals surface area contributed by atoms with Gasteiger partial charge in [-0.3, -0.25) is 19.2 Å². The lowest BCUT2D eigenvalue weighted by molar-refractivity contribution is -0.295. The zero-order valence-electron chi connectivity index (χ0n) is 35.8. The average molecular weight is 829 g/mol. The van der Waals surface area contributed by atoms with Gasteiger partial charge in [-0.2, -0.15) is 0 Å². The van der Waals surface area contributed by atoms with Crippen LogP contribution in [-0.2, 0) is 54.3 Å². The van der Waals surface area contributed by atoms with E-state index >= 15 is 0 Å². The SMILES string of the molecule is CC[C@H]1OC(=O)[C@H](C)C(=O)[C@H](C)[C@@H](OC2OC(C)CC(N(C)C)C2O)[C@@](C)(OC)C[C@@H](C)C(=O)[C@H](C)C2C(/C(N)=N\OCc3cc(-c4cncnc4)no3)C(=O)O[C@@]21C. The van der Waals surface area contributed by atoms with Gasteiger partial charge >= 0.3 is 11.9 Å². The number of Topliss-reactive ketones (excluding diaryl/α,β-unsaturated/α-hetero) is 2. The Morgan fingerprint density at radius 2 is 1.71 bits per heavy atom. The quantitative estimate of drug-likeness (QED) is 0.115. The highest BCUT2D eigenvalue weighted by molar-refractivity contribution is 6.03. The molecule has 0 spiro atoms. The number of hydrogen-bond donors (Lipinski definition) is 2. The molecule has 18 heteroatoms. The number of fused-ring (bicyclic) bond motifs is 1. The fourth-order valence-corrected chi connectivity index (χ4v) is 9.12. The summed E-state index contributed by atoms with van der Waals surface area (Å²) in [4.78, 5) is 72.3. The van der Waals surface area contributed by atoms with E-state index < -0.39 is 89.0 Å². The van der Waals surface area contributed by atoms with Crippen molar-refractivity contribution in [3.8, 4) is 11.3 Å². The molecule has 0 bridgehead atoms. The van der Waals surface area contributed by atoms with Crippen molar-refractivity contribution in [2.75, 3.05) is 21.2 Å². The molecule has 3 N–H and O–H groups in total. The maximum atomic E-state index is 14.7. The van der Waals surface area contributed by atoms with E-state index in [2.05, 4.69) is 20.3 Å². The Morgan fingerprint density at radius 1 is 1.03 bits per heavy atom. The Bertz CT molecular complexity index is 1840. The van der Waals surface area contributed by atoms with Crippen LogP contribution in [0.1, 0.15) is 80.4 Å². The zero-order chi connectivity index (χ0) is 43.6. The first-order chi connectivity index (χ1) is 27.8. The van der Waals surface area contributed by atoms with Crippen LogP contribution in [0.5, 0.6) is 0 Å². The van der Waals surface area contributed by atoms with Gasteiger partial charge in [0.15, 0.2) is 35.9 Å². The zero-order valence-corrected chi connectivity index (χ0v) is 35.8. The number of esters is 2. The molecular weight excluding hydrogens is 768 g/mol. The summed E-state index contributed by atoms with van der Waals surface area (Å²) in [6, 6.07) is 1.31. The van der Waals surface area contributed by atoms with E-state index in [4.69, 9.17) is 38.8 Å². The third-order valence-electron chi connectivity index (χ3n) is 12.5. The lowest BCUT2D eigenvalue weighted by Crippen LogP contribution is -2.59. The van der Waals surface area contributed by atoms with E-state index in [1.165, 1.54) is 20.4 Å². The van der Waals surface area contributed by atoms with Gasteiger partial charge in [-0.1, -0.05) is 38.0 Å². The number of hydrogen-bond acceptors (Lipinski definition) is 17. The Morgan fingerprint density at radius 3 is 2.34 bits per heavy atom. The summed E-state index contributed by atoms with van der Waals surface area (Å²) < 4.78 is 36.3. The number of aromatic nitrogens is 3. The molecule has 326 valence electrons. The first-order valence-corrected chi connectivity index (χ1v) is 20.1. The topological polar surface area (TPSA) is 237 Å². The van der Waals surface area contributed by atoms with Gasteiger partial charge in [-0.15, -0.1) is 0 Å². The molecular formula is C41H60N6O12. The number of ketones is 2. The Balaban J connectivity index is 1.49. The van der Waals surface area contributed by atoms with Gasteiger partial charge in [0.2, 0.25) is 0 Å². The van der Waals surface area contributed by atoms with E-state index in [1.54, 1.807) is 60.0 Å². The summed E-state index contributed by atoms with van der Waals surface area (Å²) in [5.74, 6) is -8.68. The van der Waals surface area contributed by atoms with Crippen molar-refractivity contribution in [2.45, 2.75) is 129 Å². The lowest BCUT2D eigenvalue weighted by atomic mass is 9.67. The number of methoxy groups -OCH3 is 1. The van der Waals surface area contributed by atoms with E-state index in [9.17, 15) is 24.3 Å². The molecule has 0 radical (unpaired) electrons. The molecule has 59 heavy (non-hydrogen) atoms. The first-order valence-electron chi connectivity index (χ1n) is 20.1. The molecule has 3 aliphatic rings. The second-order valence-corrected chi connectivity index (χ2v) is 16.9. The van der Waals surface area contributed by atoms with E-state index in [-0.39, 0.29) is 43.2 Å². The van der Waals surface area contributed by atoms with Crippen LogP contribution in [0, 0.1) is 35.5 Å². The summed E-state index contributed by atoms with van der Waals surface area (Å²) >= 11 is 0. The van der Waals surface area contributed by atoms with Crippen LogP contribution in [0.2, 0.25) is 0 Å². The molecule has 3 saturated heterocycles. The third kappa shape index (κ3) is 9.36. The number of aliphatic hydroxyl groups is 1. The fraction of sp³-hybridized carbons (Fsp3) is 0.707. The number of likely N-dealkylation sites (N-methyl/N-ethyl adjacent to an activating group) is 1. The van der Waals surface area contributed by atoms with Crippen molar-refractivity contribution < 1.29 is 57.3 Å². The van der Waals surface area contributed by atoms with Gasteiger partial charge in [0.05, 0.1) is 17.8 Å². The van der Waals surface area contributed by atoms with Crippen LogP contribution >= 0.6 is 0 Å². The second kappa shape index (κ2) is 18.5. The Kier molecular flexibility index (Phi) is 14.3. The van der Waals surface area contributed by atoms with Crippen LogP contribution in [0.15, 0.2) is 34.5 Å². The number of ether oxygens (including phenoxy) is 5.